The fourth-order valence-electron chi connectivity index (χ4n) is 6.07. The Balaban J connectivity index is 1.64. The Morgan fingerprint density at radius 1 is 0.395 bits per heavy atom. The van der Waals surface area contributed by atoms with Crippen molar-refractivity contribution in [1.29, 1.82) is 0 Å². The topological polar surface area (TPSA) is 13.1 Å². The number of hydrogen-bond donors (Lipinski definition) is 0. The van der Waals surface area contributed by atoms with Gasteiger partial charge in [-0.1, -0.05) is 151 Å². The normalized spacial score (nSPS) is 16.9. The molecule has 0 saturated heterocycles. The molecule has 0 spiro atoms. The lowest BCUT2D eigenvalue weighted by molar-refractivity contribution is 0.632. The SMILES string of the molecule is [2H]c1cc2c(-c3c4c([2H])c([2H])c([2H])c([2H])c4c(-c4cccc5c4ccc4ccccc45)c4c([2H])c([2H])c([2H])c([2H])c34)c(-c3c([2H])c([2H])c([2H])c([2H])c3[2H])oc2c([2H])c1[2H]. The Bertz CT molecular complexity index is 3300. The quantitative estimate of drug-likeness (QED) is 0.154. The third-order valence-electron chi connectivity index (χ3n) is 7.82. The van der Waals surface area contributed by atoms with Crippen molar-refractivity contribution in [3.8, 4) is 33.6 Å². The third-order valence-corrected chi connectivity index (χ3v) is 7.82. The van der Waals surface area contributed by atoms with E-state index in [1.807, 2.05) is 42.5 Å². The summed E-state index contributed by atoms with van der Waals surface area (Å²) in [5.41, 5.74) is -0.981. The molecular weight excluding hydrogens is 520 g/mol. The summed E-state index contributed by atoms with van der Waals surface area (Å²) in [5, 5.41) is 2.18. The maximum atomic E-state index is 9.50. The molecule has 8 aromatic carbocycles. The van der Waals surface area contributed by atoms with E-state index >= 15 is 0 Å². The zero-order valence-electron chi connectivity index (χ0n) is 38.2. The van der Waals surface area contributed by atoms with E-state index in [0.29, 0.717) is 10.9 Å². The van der Waals surface area contributed by atoms with Crippen molar-refractivity contribution >= 4 is 54.1 Å². The number of benzene rings is 8. The molecule has 0 aliphatic rings. The Hall–Kier alpha value is -5.66. The molecule has 1 nitrogen and oxygen atoms in total. The molecule has 1 heterocycles. The van der Waals surface area contributed by atoms with E-state index in [2.05, 4.69) is 0 Å². The van der Waals surface area contributed by atoms with Crippen LogP contribution < -0.4 is 0 Å². The van der Waals surface area contributed by atoms with Gasteiger partial charge in [-0.2, -0.15) is 0 Å². The summed E-state index contributed by atoms with van der Waals surface area (Å²) in [6.07, 6.45) is 0. The standard InChI is InChI=1S/C42H26O/c1-2-14-28(15-3-1)42-41(37-21-10-11-24-38(37)43-42)40-35-19-8-6-17-33(35)39(34-18-7-9-20-36(34)40)32-23-12-22-30-29-16-5-4-13-27(29)25-26-31(30)32/h1-26H/i1D,2D,3D,6D,7D,8D,9D,10D,11D,14D,15D,17D,18D,19D,20D,24D. The third kappa shape index (κ3) is 3.58. The van der Waals surface area contributed by atoms with E-state index in [1.165, 1.54) is 0 Å². The van der Waals surface area contributed by atoms with E-state index in [1.54, 1.807) is 12.1 Å². The first-order chi connectivity index (χ1) is 28.0. The molecule has 0 radical (unpaired) electrons. The second-order valence-electron chi connectivity index (χ2n) is 10.0. The van der Waals surface area contributed by atoms with Crippen LogP contribution in [0.15, 0.2) is 162 Å². The molecule has 0 unspecified atom stereocenters. The number of fused-ring (bicyclic) bond motifs is 6. The molecule has 0 aliphatic heterocycles. The molecule has 0 amide bonds. The van der Waals surface area contributed by atoms with Crippen LogP contribution in [0.5, 0.6) is 0 Å². The van der Waals surface area contributed by atoms with Crippen LogP contribution >= 0.6 is 0 Å². The van der Waals surface area contributed by atoms with Crippen molar-refractivity contribution in [3.05, 3.63) is 157 Å². The largest absolute Gasteiger partial charge is 0.455 e. The summed E-state index contributed by atoms with van der Waals surface area (Å²) in [4.78, 5) is 0. The first-order valence-electron chi connectivity index (χ1n) is 21.5. The summed E-state index contributed by atoms with van der Waals surface area (Å²) < 4.78 is 149. The average molecular weight is 563 g/mol. The predicted molar refractivity (Wildman–Crippen MR) is 183 cm³/mol. The van der Waals surface area contributed by atoms with E-state index in [0.717, 1.165) is 22.2 Å². The van der Waals surface area contributed by atoms with Crippen molar-refractivity contribution in [2.45, 2.75) is 0 Å². The first kappa shape index (κ1) is 13.1. The van der Waals surface area contributed by atoms with Gasteiger partial charge in [-0.3, -0.25) is 0 Å². The highest BCUT2D eigenvalue weighted by atomic mass is 16.3. The van der Waals surface area contributed by atoms with E-state index in [4.69, 9.17) is 20.9 Å². The zero-order chi connectivity index (χ0) is 42.3. The Labute approximate surface area is 271 Å². The van der Waals surface area contributed by atoms with Crippen LogP contribution in [0.4, 0.5) is 0 Å². The molecule has 0 atom stereocenters. The molecule has 0 aliphatic carbocycles. The summed E-state index contributed by atoms with van der Waals surface area (Å²) in [7, 11) is 0. The maximum Gasteiger partial charge on any atom is 0.143 e. The van der Waals surface area contributed by atoms with Crippen LogP contribution in [-0.2, 0) is 0 Å². The molecule has 43 heavy (non-hydrogen) atoms. The molecule has 9 rings (SSSR count). The Morgan fingerprint density at radius 3 is 1.81 bits per heavy atom. The van der Waals surface area contributed by atoms with Crippen molar-refractivity contribution in [2.75, 3.05) is 0 Å². The molecule has 0 fully saturated rings. The number of para-hydroxylation sites is 1. The molecular formula is C42H26O. The Kier molecular flexibility index (Phi) is 2.88. The molecule has 0 saturated carbocycles. The van der Waals surface area contributed by atoms with E-state index in [9.17, 15) is 5.48 Å². The summed E-state index contributed by atoms with van der Waals surface area (Å²) in [6, 6.07) is 7.37. The Morgan fingerprint density at radius 2 is 1.05 bits per heavy atom. The highest BCUT2D eigenvalue weighted by molar-refractivity contribution is 6.27. The zero-order valence-corrected chi connectivity index (χ0v) is 22.2. The summed E-state index contributed by atoms with van der Waals surface area (Å²) in [6.45, 7) is 0. The average Bonchev–Trinajstić information content (AvgIpc) is 3.60. The lowest BCUT2D eigenvalue weighted by Gasteiger charge is -2.19. The van der Waals surface area contributed by atoms with Gasteiger partial charge >= 0.3 is 0 Å². The lowest BCUT2D eigenvalue weighted by Crippen LogP contribution is -1.92. The molecule has 0 bridgehead atoms. The van der Waals surface area contributed by atoms with Crippen LogP contribution in [0, 0.1) is 0 Å². The summed E-state index contributed by atoms with van der Waals surface area (Å²) >= 11 is 0. The molecule has 1 heteroatoms. The van der Waals surface area contributed by atoms with Crippen molar-refractivity contribution in [2.24, 2.45) is 0 Å². The fourth-order valence-corrected chi connectivity index (χ4v) is 6.07. The highest BCUT2D eigenvalue weighted by Crippen LogP contribution is 2.50. The van der Waals surface area contributed by atoms with E-state index < -0.39 is 108 Å². The van der Waals surface area contributed by atoms with Gasteiger partial charge in [-0.05, 0) is 60.3 Å². The minimum absolute atomic E-state index is 0.0617. The van der Waals surface area contributed by atoms with Crippen LogP contribution in [0.3, 0.4) is 0 Å². The number of rotatable bonds is 3. The fraction of sp³-hybridized carbons (Fsp3) is 0. The van der Waals surface area contributed by atoms with Gasteiger partial charge < -0.3 is 4.42 Å². The van der Waals surface area contributed by atoms with Crippen LogP contribution in [-0.4, -0.2) is 0 Å². The molecule has 200 valence electrons. The minimum atomic E-state index is -0.752. The van der Waals surface area contributed by atoms with Gasteiger partial charge in [0.2, 0.25) is 0 Å². The van der Waals surface area contributed by atoms with E-state index in [-0.39, 0.29) is 49.2 Å². The van der Waals surface area contributed by atoms with Gasteiger partial charge in [0.05, 0.1) is 21.9 Å². The summed E-state index contributed by atoms with van der Waals surface area (Å²) in [5.74, 6) is -0.498. The monoisotopic (exact) mass is 562 g/mol. The van der Waals surface area contributed by atoms with Crippen molar-refractivity contribution in [1.82, 2.24) is 0 Å². The number of hydrogen-bond acceptors (Lipinski definition) is 1. The smallest absolute Gasteiger partial charge is 0.143 e. The van der Waals surface area contributed by atoms with Crippen LogP contribution in [0.25, 0.3) is 87.6 Å². The van der Waals surface area contributed by atoms with Gasteiger partial charge in [-0.15, -0.1) is 0 Å². The molecule has 1 aromatic heterocycles. The second kappa shape index (κ2) is 9.44. The van der Waals surface area contributed by atoms with Gasteiger partial charge in [0.15, 0.2) is 0 Å². The van der Waals surface area contributed by atoms with Crippen molar-refractivity contribution in [3.63, 3.8) is 0 Å². The molecule has 9 aromatic rings. The lowest BCUT2D eigenvalue weighted by atomic mass is 9.83. The van der Waals surface area contributed by atoms with Crippen molar-refractivity contribution < 1.29 is 26.3 Å². The highest BCUT2D eigenvalue weighted by Gasteiger charge is 2.24. The number of furan rings is 1. The predicted octanol–water partition coefficient (Wildman–Crippen LogP) is 12.0. The first-order valence-corrected chi connectivity index (χ1v) is 13.5. The van der Waals surface area contributed by atoms with Gasteiger partial charge in [0.25, 0.3) is 0 Å². The van der Waals surface area contributed by atoms with Gasteiger partial charge in [0.1, 0.15) is 11.3 Å². The molecule has 0 N–H and O–H groups in total. The van der Waals surface area contributed by atoms with Gasteiger partial charge in [-0.25, -0.2) is 0 Å². The minimum Gasteiger partial charge on any atom is -0.455 e. The van der Waals surface area contributed by atoms with Crippen LogP contribution in [0.2, 0.25) is 0 Å². The second-order valence-corrected chi connectivity index (χ2v) is 10.0. The van der Waals surface area contributed by atoms with Gasteiger partial charge in [0, 0.05) is 22.1 Å². The maximum absolute atomic E-state index is 9.50. The van der Waals surface area contributed by atoms with Crippen LogP contribution in [0.1, 0.15) is 21.9 Å².